The Hall–Kier alpha value is -2.85. The first-order valence-corrected chi connectivity index (χ1v) is 10.1. The van der Waals surface area contributed by atoms with Gasteiger partial charge in [0.25, 0.3) is 5.91 Å². The Morgan fingerprint density at radius 2 is 2.17 bits per heavy atom. The molecule has 2 aliphatic rings. The van der Waals surface area contributed by atoms with E-state index in [2.05, 4.69) is 15.2 Å². The summed E-state index contributed by atoms with van der Waals surface area (Å²) in [6.45, 7) is 2.67. The molecule has 1 fully saturated rings. The smallest absolute Gasteiger partial charge is 0.255 e. The number of hydrogen-bond donors (Lipinski definition) is 2. The van der Waals surface area contributed by atoms with E-state index < -0.39 is 5.91 Å². The maximum atomic E-state index is 12.3. The third kappa shape index (κ3) is 4.13. The lowest BCUT2D eigenvalue weighted by molar-refractivity contribution is -0.120. The van der Waals surface area contributed by atoms with Crippen molar-refractivity contribution >= 4 is 34.1 Å². The number of anilines is 2. The molecule has 2 amide bonds. The number of primary amides is 1. The number of carbonyl (C=O) groups excluding carboxylic acids is 2. The first-order valence-electron chi connectivity index (χ1n) is 9.27. The number of aromatic nitrogens is 1. The van der Waals surface area contributed by atoms with Crippen LogP contribution in [0.2, 0.25) is 0 Å². The molecular formula is C19H22N4O5S. The third-order valence-corrected chi connectivity index (χ3v) is 6.08. The van der Waals surface area contributed by atoms with Gasteiger partial charge in [-0.3, -0.25) is 9.59 Å². The topological polar surface area (TPSA) is 116 Å². The van der Waals surface area contributed by atoms with Crippen LogP contribution in [0.25, 0.3) is 0 Å². The molecule has 1 aromatic carbocycles. The van der Waals surface area contributed by atoms with Crippen LogP contribution >= 0.6 is 11.3 Å². The Morgan fingerprint density at radius 1 is 1.38 bits per heavy atom. The summed E-state index contributed by atoms with van der Waals surface area (Å²) in [4.78, 5) is 31.1. The van der Waals surface area contributed by atoms with Crippen molar-refractivity contribution in [3.05, 3.63) is 28.6 Å². The van der Waals surface area contributed by atoms with Crippen LogP contribution in [0.4, 0.5) is 10.9 Å². The Bertz CT molecular complexity index is 925. The van der Waals surface area contributed by atoms with Gasteiger partial charge in [-0.1, -0.05) is 17.4 Å². The number of methoxy groups -OCH3 is 1. The van der Waals surface area contributed by atoms with Crippen molar-refractivity contribution in [1.29, 1.82) is 0 Å². The molecule has 9 nitrogen and oxygen atoms in total. The van der Waals surface area contributed by atoms with Crippen molar-refractivity contribution in [3.8, 4) is 11.5 Å². The van der Waals surface area contributed by atoms with Crippen molar-refractivity contribution in [1.82, 2.24) is 4.98 Å². The van der Waals surface area contributed by atoms with Crippen LogP contribution in [0.3, 0.4) is 0 Å². The minimum Gasteiger partial charge on any atom is -0.493 e. The molecular weight excluding hydrogens is 396 g/mol. The zero-order valence-corrected chi connectivity index (χ0v) is 16.8. The van der Waals surface area contributed by atoms with Gasteiger partial charge < -0.3 is 30.2 Å². The predicted octanol–water partition coefficient (Wildman–Crippen LogP) is 1.33. The van der Waals surface area contributed by atoms with Crippen LogP contribution < -0.4 is 25.4 Å². The van der Waals surface area contributed by atoms with Crippen molar-refractivity contribution < 1.29 is 23.8 Å². The number of nitrogens with one attached hydrogen (secondary N) is 1. The number of amides is 2. The molecule has 29 heavy (non-hydrogen) atoms. The van der Waals surface area contributed by atoms with E-state index in [1.807, 2.05) is 12.1 Å². The second kappa shape index (κ2) is 8.26. The van der Waals surface area contributed by atoms with Crippen LogP contribution in [0.15, 0.2) is 18.2 Å². The highest BCUT2D eigenvalue weighted by molar-refractivity contribution is 7.16. The molecule has 3 heterocycles. The number of morpholine rings is 1. The average molecular weight is 418 g/mol. The van der Waals surface area contributed by atoms with E-state index in [1.165, 1.54) is 7.11 Å². The van der Waals surface area contributed by atoms with Gasteiger partial charge in [-0.05, 0) is 17.7 Å². The molecule has 0 saturated carbocycles. The number of nitrogens with zero attached hydrogens (tertiary/aromatic N) is 2. The van der Waals surface area contributed by atoms with Gasteiger partial charge in [0, 0.05) is 25.4 Å². The molecule has 3 N–H and O–H groups in total. The Labute approximate surface area is 171 Å². The summed E-state index contributed by atoms with van der Waals surface area (Å²) in [6.07, 6.45) is 0.322. The molecule has 0 spiro atoms. The van der Waals surface area contributed by atoms with E-state index >= 15 is 0 Å². The summed E-state index contributed by atoms with van der Waals surface area (Å²) in [5, 5.41) is 3.77. The lowest BCUT2D eigenvalue weighted by Crippen LogP contribution is -2.36. The SMILES string of the molecule is COc1cc(C2CC(=O)Nc3nc(N4CCOCC4)sc32)ccc1OCC(N)=O. The molecule has 0 radical (unpaired) electrons. The molecule has 1 unspecified atom stereocenters. The number of rotatable bonds is 6. The quantitative estimate of drug-likeness (QED) is 0.727. The van der Waals surface area contributed by atoms with E-state index in [1.54, 1.807) is 17.4 Å². The Morgan fingerprint density at radius 3 is 2.90 bits per heavy atom. The third-order valence-electron chi connectivity index (χ3n) is 4.85. The van der Waals surface area contributed by atoms with Crippen LogP contribution in [-0.2, 0) is 14.3 Å². The average Bonchev–Trinajstić information content (AvgIpc) is 3.16. The van der Waals surface area contributed by atoms with E-state index in [0.717, 1.165) is 28.7 Å². The highest BCUT2D eigenvalue weighted by Crippen LogP contribution is 2.44. The second-order valence-corrected chi connectivity index (χ2v) is 7.79. The standard InChI is InChI=1S/C19H22N4O5S/c1-26-14-8-11(2-3-13(14)28-10-15(20)24)12-9-16(25)21-18-17(12)29-19(22-18)23-4-6-27-7-5-23/h2-3,8,12H,4-7,9-10H2,1H3,(H2,20,24)(H,21,25). The summed E-state index contributed by atoms with van der Waals surface area (Å²) in [5.74, 6) is 0.748. The number of fused-ring (bicyclic) bond motifs is 1. The highest BCUT2D eigenvalue weighted by Gasteiger charge is 2.32. The van der Waals surface area contributed by atoms with Gasteiger partial charge in [-0.25, -0.2) is 4.98 Å². The number of benzene rings is 1. The lowest BCUT2D eigenvalue weighted by Gasteiger charge is -2.26. The number of carbonyl (C=O) groups is 2. The van der Waals surface area contributed by atoms with Gasteiger partial charge >= 0.3 is 0 Å². The minimum atomic E-state index is -0.565. The van der Waals surface area contributed by atoms with Crippen LogP contribution in [0.1, 0.15) is 22.8 Å². The second-order valence-electron chi connectivity index (χ2n) is 6.78. The number of thiazole rings is 1. The van der Waals surface area contributed by atoms with Crippen molar-refractivity contribution in [3.63, 3.8) is 0 Å². The van der Waals surface area contributed by atoms with Gasteiger partial charge in [0.15, 0.2) is 23.2 Å². The summed E-state index contributed by atoms with van der Waals surface area (Å²) in [7, 11) is 1.53. The van der Waals surface area contributed by atoms with Gasteiger partial charge in [-0.15, -0.1) is 0 Å². The van der Waals surface area contributed by atoms with Crippen LogP contribution in [0.5, 0.6) is 11.5 Å². The maximum absolute atomic E-state index is 12.3. The molecule has 154 valence electrons. The molecule has 1 atom stereocenters. The number of nitrogens with two attached hydrogens (primary N) is 1. The molecule has 2 aliphatic heterocycles. The molecule has 0 bridgehead atoms. The first-order chi connectivity index (χ1) is 14.0. The Kier molecular flexibility index (Phi) is 5.54. The van der Waals surface area contributed by atoms with E-state index in [0.29, 0.717) is 37.0 Å². The lowest BCUT2D eigenvalue weighted by atomic mass is 9.91. The maximum Gasteiger partial charge on any atom is 0.255 e. The summed E-state index contributed by atoms with van der Waals surface area (Å²) in [6, 6.07) is 5.44. The zero-order chi connectivity index (χ0) is 20.4. The van der Waals surface area contributed by atoms with E-state index in [9.17, 15) is 9.59 Å². The molecule has 1 saturated heterocycles. The zero-order valence-electron chi connectivity index (χ0n) is 16.0. The fourth-order valence-corrected chi connectivity index (χ4v) is 4.64. The molecule has 2 aromatic rings. The molecule has 4 rings (SSSR count). The Balaban J connectivity index is 1.64. The molecule has 10 heteroatoms. The fourth-order valence-electron chi connectivity index (χ4n) is 3.44. The monoisotopic (exact) mass is 418 g/mol. The molecule has 0 aliphatic carbocycles. The summed E-state index contributed by atoms with van der Waals surface area (Å²) < 4.78 is 16.2. The largest absolute Gasteiger partial charge is 0.493 e. The fraction of sp³-hybridized carbons (Fsp3) is 0.421. The van der Waals surface area contributed by atoms with E-state index in [-0.39, 0.29) is 18.4 Å². The highest BCUT2D eigenvalue weighted by atomic mass is 32.1. The van der Waals surface area contributed by atoms with E-state index in [4.69, 9.17) is 19.9 Å². The van der Waals surface area contributed by atoms with Gasteiger partial charge in [0.2, 0.25) is 5.91 Å². The molecule has 1 aromatic heterocycles. The van der Waals surface area contributed by atoms with Crippen molar-refractivity contribution in [2.24, 2.45) is 5.73 Å². The number of ether oxygens (including phenoxy) is 3. The van der Waals surface area contributed by atoms with Crippen molar-refractivity contribution in [2.75, 3.05) is 50.2 Å². The van der Waals surface area contributed by atoms with Gasteiger partial charge in [0.1, 0.15) is 5.82 Å². The summed E-state index contributed by atoms with van der Waals surface area (Å²) >= 11 is 1.59. The van der Waals surface area contributed by atoms with Gasteiger partial charge in [-0.2, -0.15) is 0 Å². The van der Waals surface area contributed by atoms with Crippen molar-refractivity contribution in [2.45, 2.75) is 12.3 Å². The first kappa shape index (κ1) is 19.5. The van der Waals surface area contributed by atoms with Crippen LogP contribution in [0, 0.1) is 0 Å². The number of hydrogen-bond acceptors (Lipinski definition) is 8. The normalized spacial score (nSPS) is 18.7. The van der Waals surface area contributed by atoms with Gasteiger partial charge in [0.05, 0.1) is 25.2 Å². The minimum absolute atomic E-state index is 0.0747. The summed E-state index contributed by atoms with van der Waals surface area (Å²) in [5.41, 5.74) is 6.06. The predicted molar refractivity (Wildman–Crippen MR) is 108 cm³/mol. The van der Waals surface area contributed by atoms with Crippen LogP contribution in [-0.4, -0.2) is 56.8 Å².